The van der Waals surface area contributed by atoms with E-state index in [2.05, 4.69) is 10.2 Å². The highest BCUT2D eigenvalue weighted by molar-refractivity contribution is 5.91. The summed E-state index contributed by atoms with van der Waals surface area (Å²) < 4.78 is 23.1. The number of rotatable bonds is 6. The second-order valence-electron chi connectivity index (χ2n) is 9.22. The number of hydrogen-bond donors (Lipinski definition) is 2. The van der Waals surface area contributed by atoms with Gasteiger partial charge in [0.25, 0.3) is 5.56 Å². The standard InChI is InChI=1S/C22H29FN6O3/c1-22(2,26-4)19(25-3)12-8-9-27(11-12)17-15(23)10-14-16(18(17)32-5)28(13-6-7-13)21(31)29(24)20(14)30/h10,12-13,19,25H,6-9,11,24H2,1-3,5H3. The molecule has 2 heterocycles. The molecule has 1 aromatic heterocycles. The van der Waals surface area contributed by atoms with Crippen molar-refractivity contribution in [3.63, 3.8) is 0 Å². The molecule has 0 bridgehead atoms. The second-order valence-corrected chi connectivity index (χ2v) is 9.22. The molecular formula is C22H29FN6O3. The summed E-state index contributed by atoms with van der Waals surface area (Å²) in [5.74, 6) is 5.40. The van der Waals surface area contributed by atoms with Crippen LogP contribution in [0.25, 0.3) is 15.7 Å². The van der Waals surface area contributed by atoms with Crippen LogP contribution >= 0.6 is 0 Å². The second kappa shape index (κ2) is 7.81. The van der Waals surface area contributed by atoms with Gasteiger partial charge in [-0.1, -0.05) is 0 Å². The minimum atomic E-state index is -0.751. The highest BCUT2D eigenvalue weighted by Crippen LogP contribution is 2.44. The van der Waals surface area contributed by atoms with Crippen LogP contribution in [0.15, 0.2) is 15.7 Å². The number of nitrogen functional groups attached to an aromatic ring is 1. The first-order valence-electron chi connectivity index (χ1n) is 10.8. The molecule has 1 aliphatic carbocycles. The van der Waals surface area contributed by atoms with Crippen molar-refractivity contribution < 1.29 is 9.13 Å². The van der Waals surface area contributed by atoms with Gasteiger partial charge in [0.05, 0.1) is 18.5 Å². The van der Waals surface area contributed by atoms with Crippen LogP contribution in [0.3, 0.4) is 0 Å². The average Bonchev–Trinajstić information content (AvgIpc) is 3.49. The van der Waals surface area contributed by atoms with E-state index in [9.17, 15) is 9.59 Å². The molecule has 4 rings (SSSR count). The van der Waals surface area contributed by atoms with Crippen molar-refractivity contribution in [2.45, 2.75) is 50.7 Å². The van der Waals surface area contributed by atoms with Crippen LogP contribution in [0.1, 0.15) is 39.2 Å². The average molecular weight is 445 g/mol. The first-order valence-corrected chi connectivity index (χ1v) is 10.8. The molecule has 3 N–H and O–H groups in total. The number of ether oxygens (including phenoxy) is 1. The molecule has 0 spiro atoms. The Bertz CT molecular complexity index is 1220. The molecule has 1 aliphatic heterocycles. The SMILES string of the molecule is [C-]#[N+]C(C)(C)C(NC)C1CCN(c2c(F)cc3c(=O)n(N)c(=O)n(C4CC4)c3c2OC)C1. The van der Waals surface area contributed by atoms with Gasteiger partial charge in [-0.3, -0.25) is 9.36 Å². The van der Waals surface area contributed by atoms with Crippen LogP contribution in [0.4, 0.5) is 10.1 Å². The number of halogens is 1. The van der Waals surface area contributed by atoms with E-state index >= 15 is 4.39 Å². The molecule has 2 aromatic rings. The van der Waals surface area contributed by atoms with Crippen molar-refractivity contribution >= 4 is 16.6 Å². The zero-order chi connectivity index (χ0) is 23.4. The van der Waals surface area contributed by atoms with Gasteiger partial charge in [-0.05, 0) is 32.4 Å². The molecule has 0 amide bonds. The topological polar surface area (TPSA) is 98.9 Å². The number of benzene rings is 1. The van der Waals surface area contributed by atoms with Gasteiger partial charge in [0.15, 0.2) is 11.6 Å². The highest BCUT2D eigenvalue weighted by atomic mass is 19.1. The largest absolute Gasteiger partial charge is 0.492 e. The number of fused-ring (bicyclic) bond motifs is 1. The van der Waals surface area contributed by atoms with Gasteiger partial charge in [-0.15, -0.1) is 0 Å². The van der Waals surface area contributed by atoms with E-state index in [4.69, 9.17) is 17.2 Å². The van der Waals surface area contributed by atoms with E-state index in [-0.39, 0.29) is 34.8 Å². The Kier molecular flexibility index (Phi) is 5.41. The van der Waals surface area contributed by atoms with Crippen molar-refractivity contribution in [1.82, 2.24) is 14.6 Å². The number of hydrogen-bond acceptors (Lipinski definition) is 6. The van der Waals surface area contributed by atoms with Crippen LogP contribution in [0, 0.1) is 18.3 Å². The summed E-state index contributed by atoms with van der Waals surface area (Å²) >= 11 is 0. The quantitative estimate of drug-likeness (QED) is 0.517. The van der Waals surface area contributed by atoms with Crippen LogP contribution in [-0.4, -0.2) is 48.1 Å². The lowest BCUT2D eigenvalue weighted by atomic mass is 9.84. The third-order valence-electron chi connectivity index (χ3n) is 6.77. The lowest BCUT2D eigenvalue weighted by molar-refractivity contribution is 0.309. The predicted octanol–water partition coefficient (Wildman–Crippen LogP) is 1.47. The summed E-state index contributed by atoms with van der Waals surface area (Å²) in [5.41, 5.74) is -1.47. The molecule has 1 saturated heterocycles. The van der Waals surface area contributed by atoms with E-state index < -0.39 is 22.6 Å². The van der Waals surface area contributed by atoms with Gasteiger partial charge in [0.1, 0.15) is 11.2 Å². The van der Waals surface area contributed by atoms with Gasteiger partial charge in [0, 0.05) is 38.9 Å². The van der Waals surface area contributed by atoms with E-state index in [1.807, 2.05) is 25.8 Å². The molecule has 9 nitrogen and oxygen atoms in total. The lowest BCUT2D eigenvalue weighted by Gasteiger charge is -2.30. The minimum Gasteiger partial charge on any atom is -0.492 e. The molecule has 32 heavy (non-hydrogen) atoms. The molecule has 172 valence electrons. The molecule has 1 saturated carbocycles. The summed E-state index contributed by atoms with van der Waals surface area (Å²) in [7, 11) is 3.25. The smallest absolute Gasteiger partial charge is 0.350 e. The zero-order valence-corrected chi connectivity index (χ0v) is 18.8. The number of nitrogens with zero attached hydrogens (tertiary/aromatic N) is 4. The Balaban J connectivity index is 1.86. The van der Waals surface area contributed by atoms with E-state index in [0.29, 0.717) is 23.3 Å². The van der Waals surface area contributed by atoms with Gasteiger partial charge >= 0.3 is 5.69 Å². The Labute approximate surface area is 185 Å². The maximum atomic E-state index is 15.4. The number of methoxy groups -OCH3 is 1. The maximum absolute atomic E-state index is 15.4. The van der Waals surface area contributed by atoms with Crippen molar-refractivity contribution in [3.05, 3.63) is 44.1 Å². The first-order chi connectivity index (χ1) is 15.2. The van der Waals surface area contributed by atoms with E-state index in [1.165, 1.54) is 11.7 Å². The summed E-state index contributed by atoms with van der Waals surface area (Å²) in [6.07, 6.45) is 2.33. The Morgan fingerprint density at radius 3 is 2.59 bits per heavy atom. The van der Waals surface area contributed by atoms with Crippen molar-refractivity contribution in [3.8, 4) is 5.75 Å². The number of nitrogens with two attached hydrogens (primary N) is 1. The highest BCUT2D eigenvalue weighted by Gasteiger charge is 2.43. The van der Waals surface area contributed by atoms with Crippen molar-refractivity contribution in [2.75, 3.05) is 38.0 Å². The van der Waals surface area contributed by atoms with Crippen LogP contribution in [0.2, 0.25) is 0 Å². The number of nitrogens with one attached hydrogen (secondary N) is 1. The Morgan fingerprint density at radius 1 is 1.34 bits per heavy atom. The molecule has 0 radical (unpaired) electrons. The molecule has 1 aromatic carbocycles. The maximum Gasteiger partial charge on any atom is 0.350 e. The van der Waals surface area contributed by atoms with Gasteiger partial charge in [-0.2, -0.15) is 4.68 Å². The van der Waals surface area contributed by atoms with Crippen LogP contribution < -0.4 is 32.0 Å². The molecule has 2 atom stereocenters. The van der Waals surface area contributed by atoms with E-state index in [1.54, 1.807) is 0 Å². The summed E-state index contributed by atoms with van der Waals surface area (Å²) in [6.45, 7) is 12.4. The normalized spacial score (nSPS) is 19.9. The minimum absolute atomic E-state index is 0.0232. The van der Waals surface area contributed by atoms with E-state index in [0.717, 1.165) is 25.3 Å². The molecule has 2 unspecified atom stereocenters. The van der Waals surface area contributed by atoms with Crippen molar-refractivity contribution in [1.29, 1.82) is 0 Å². The number of likely N-dealkylation sites (N-methyl/N-ethyl adjacent to an activating group) is 1. The lowest BCUT2D eigenvalue weighted by Crippen LogP contribution is -2.49. The Morgan fingerprint density at radius 2 is 2.03 bits per heavy atom. The zero-order valence-electron chi connectivity index (χ0n) is 18.8. The first kappa shape index (κ1) is 22.1. The Hall–Kier alpha value is -3.06. The van der Waals surface area contributed by atoms with Gasteiger partial charge in [0.2, 0.25) is 5.54 Å². The molecular weight excluding hydrogens is 415 g/mol. The summed E-state index contributed by atoms with van der Waals surface area (Å²) in [6, 6.07) is 0.990. The predicted molar refractivity (Wildman–Crippen MR) is 121 cm³/mol. The fraction of sp³-hybridized carbons (Fsp3) is 0.591. The van der Waals surface area contributed by atoms with Gasteiger partial charge < -0.3 is 25.6 Å². The third kappa shape index (κ3) is 3.32. The monoisotopic (exact) mass is 444 g/mol. The summed E-state index contributed by atoms with van der Waals surface area (Å²) in [5, 5.41) is 3.29. The molecule has 10 heteroatoms. The van der Waals surface area contributed by atoms with Crippen LogP contribution in [-0.2, 0) is 0 Å². The molecule has 2 aliphatic rings. The summed E-state index contributed by atoms with van der Waals surface area (Å²) in [4.78, 5) is 31.1. The van der Waals surface area contributed by atoms with Gasteiger partial charge in [-0.25, -0.2) is 15.8 Å². The fourth-order valence-electron chi connectivity index (χ4n) is 5.09. The third-order valence-corrected chi connectivity index (χ3v) is 6.77. The van der Waals surface area contributed by atoms with Crippen LogP contribution in [0.5, 0.6) is 5.75 Å². The number of anilines is 1. The molecule has 2 fully saturated rings. The number of aromatic nitrogens is 2. The van der Waals surface area contributed by atoms with Crippen molar-refractivity contribution in [2.24, 2.45) is 5.92 Å². The fourth-order valence-corrected chi connectivity index (χ4v) is 5.09.